The number of nitriles is 1. The highest BCUT2D eigenvalue weighted by molar-refractivity contribution is 7.91. The maximum atomic E-state index is 13.1. The second-order valence-electron chi connectivity index (χ2n) is 4.12. The summed E-state index contributed by atoms with van der Waals surface area (Å²) in [7, 11) is -3.33. The molecule has 98 valence electrons. The van der Waals surface area contributed by atoms with Crippen LogP contribution in [0.5, 0.6) is 0 Å². The van der Waals surface area contributed by atoms with Crippen LogP contribution in [0.4, 0.5) is 4.39 Å². The number of rotatable bonds is 5. The summed E-state index contributed by atoms with van der Waals surface area (Å²) in [6.07, 6.45) is 0.384. The molecular weight excluding hydrogens is 255 g/mol. The summed E-state index contributed by atoms with van der Waals surface area (Å²) in [5.74, 6) is -0.850. The van der Waals surface area contributed by atoms with Crippen LogP contribution in [0, 0.1) is 17.1 Å². The molecule has 1 aromatic carbocycles. The van der Waals surface area contributed by atoms with Gasteiger partial charge in [0.05, 0.1) is 16.6 Å². The van der Waals surface area contributed by atoms with Crippen molar-refractivity contribution in [2.75, 3.05) is 6.54 Å². The lowest BCUT2D eigenvalue weighted by Crippen LogP contribution is -2.22. The summed E-state index contributed by atoms with van der Waals surface area (Å²) in [5, 5.41) is 8.14. The first-order valence-electron chi connectivity index (χ1n) is 5.51. The quantitative estimate of drug-likeness (QED) is 0.875. The van der Waals surface area contributed by atoms with Crippen LogP contribution in [-0.4, -0.2) is 20.2 Å². The van der Waals surface area contributed by atoms with Crippen LogP contribution in [0.25, 0.3) is 0 Å². The Morgan fingerprint density at radius 1 is 1.50 bits per heavy atom. The number of halogens is 1. The third-order valence-electron chi connectivity index (χ3n) is 2.71. The smallest absolute Gasteiger partial charge is 0.157 e. The molecule has 18 heavy (non-hydrogen) atoms. The van der Waals surface area contributed by atoms with Gasteiger partial charge in [0.25, 0.3) is 0 Å². The lowest BCUT2D eigenvalue weighted by atomic mass is 10.1. The van der Waals surface area contributed by atoms with Crippen LogP contribution in [-0.2, 0) is 15.6 Å². The Morgan fingerprint density at radius 2 is 2.17 bits per heavy atom. The van der Waals surface area contributed by atoms with E-state index >= 15 is 0 Å². The zero-order valence-corrected chi connectivity index (χ0v) is 10.9. The van der Waals surface area contributed by atoms with Crippen LogP contribution in [0.1, 0.15) is 24.5 Å². The van der Waals surface area contributed by atoms with Gasteiger partial charge in [0.15, 0.2) is 9.84 Å². The Hall–Kier alpha value is -1.45. The van der Waals surface area contributed by atoms with E-state index in [-0.39, 0.29) is 11.3 Å². The minimum Gasteiger partial charge on any atom is -0.330 e. The molecule has 0 saturated heterocycles. The standard InChI is InChI=1S/C12H15FN2O2S/c1-9(4-5-14)18(16,17)8-10-2-3-12(13)11(6-10)7-15/h2-3,6,9H,4-5,8,14H2,1H3. The van der Waals surface area contributed by atoms with Gasteiger partial charge >= 0.3 is 0 Å². The highest BCUT2D eigenvalue weighted by Crippen LogP contribution is 2.16. The SMILES string of the molecule is CC(CCN)S(=O)(=O)Cc1ccc(F)c(C#N)c1. The molecule has 0 radical (unpaired) electrons. The summed E-state index contributed by atoms with van der Waals surface area (Å²) in [6, 6.07) is 5.44. The van der Waals surface area contributed by atoms with E-state index < -0.39 is 20.9 Å². The predicted molar refractivity (Wildman–Crippen MR) is 66.9 cm³/mol. The van der Waals surface area contributed by atoms with Crippen molar-refractivity contribution in [3.8, 4) is 6.07 Å². The van der Waals surface area contributed by atoms with E-state index in [0.29, 0.717) is 18.5 Å². The number of nitrogens with zero attached hydrogens (tertiary/aromatic N) is 1. The molecule has 0 saturated carbocycles. The zero-order chi connectivity index (χ0) is 13.8. The molecule has 1 atom stereocenters. The number of benzene rings is 1. The monoisotopic (exact) mass is 270 g/mol. The average molecular weight is 270 g/mol. The van der Waals surface area contributed by atoms with Gasteiger partial charge in [-0.25, -0.2) is 12.8 Å². The molecule has 0 aliphatic heterocycles. The molecule has 2 N–H and O–H groups in total. The summed E-state index contributed by atoms with van der Waals surface area (Å²) in [4.78, 5) is 0. The average Bonchev–Trinajstić information content (AvgIpc) is 2.31. The molecule has 1 rings (SSSR count). The van der Waals surface area contributed by atoms with Gasteiger partial charge in [-0.3, -0.25) is 0 Å². The third-order valence-corrected chi connectivity index (χ3v) is 4.90. The van der Waals surface area contributed by atoms with Crippen LogP contribution < -0.4 is 5.73 Å². The Labute approximate surface area is 106 Å². The van der Waals surface area contributed by atoms with Crippen LogP contribution in [0.15, 0.2) is 18.2 Å². The van der Waals surface area contributed by atoms with E-state index in [2.05, 4.69) is 0 Å². The van der Waals surface area contributed by atoms with Gasteiger partial charge in [0, 0.05) is 0 Å². The molecule has 0 spiro atoms. The Morgan fingerprint density at radius 3 is 2.72 bits per heavy atom. The zero-order valence-electron chi connectivity index (χ0n) is 10.1. The molecular formula is C12H15FN2O2S. The van der Waals surface area contributed by atoms with Gasteiger partial charge in [-0.2, -0.15) is 5.26 Å². The van der Waals surface area contributed by atoms with Gasteiger partial charge in [-0.05, 0) is 37.6 Å². The second-order valence-corrected chi connectivity index (χ2v) is 6.54. The molecule has 1 aromatic rings. The Kier molecular flexibility index (Phi) is 4.82. The van der Waals surface area contributed by atoms with Crippen LogP contribution >= 0.6 is 0 Å². The van der Waals surface area contributed by atoms with Crippen molar-refractivity contribution in [3.05, 3.63) is 35.1 Å². The molecule has 0 aliphatic rings. The largest absolute Gasteiger partial charge is 0.330 e. The van der Waals surface area contributed by atoms with Gasteiger partial charge < -0.3 is 5.73 Å². The molecule has 0 fully saturated rings. The lowest BCUT2D eigenvalue weighted by Gasteiger charge is -2.11. The molecule has 1 unspecified atom stereocenters. The fourth-order valence-corrected chi connectivity index (χ4v) is 2.96. The Bertz CT molecular complexity index is 564. The van der Waals surface area contributed by atoms with Gasteiger partial charge in [-0.15, -0.1) is 0 Å². The van der Waals surface area contributed by atoms with E-state index in [9.17, 15) is 12.8 Å². The second kappa shape index (κ2) is 5.94. The van der Waals surface area contributed by atoms with E-state index in [1.165, 1.54) is 12.1 Å². The third kappa shape index (κ3) is 3.52. The van der Waals surface area contributed by atoms with Crippen molar-refractivity contribution in [2.45, 2.75) is 24.3 Å². The molecule has 0 bridgehead atoms. The van der Waals surface area contributed by atoms with Crippen molar-refractivity contribution >= 4 is 9.84 Å². The summed E-state index contributed by atoms with van der Waals surface area (Å²) in [5.41, 5.74) is 5.60. The minimum absolute atomic E-state index is 0.144. The number of nitrogens with two attached hydrogens (primary N) is 1. The highest BCUT2D eigenvalue weighted by Gasteiger charge is 2.21. The minimum atomic E-state index is -3.33. The van der Waals surface area contributed by atoms with E-state index in [1.54, 1.807) is 13.0 Å². The molecule has 4 nitrogen and oxygen atoms in total. The van der Waals surface area contributed by atoms with Crippen LogP contribution in [0.2, 0.25) is 0 Å². The normalized spacial score (nSPS) is 13.0. The van der Waals surface area contributed by atoms with Gasteiger partial charge in [0.1, 0.15) is 11.9 Å². The summed E-state index contributed by atoms with van der Waals surface area (Å²) < 4.78 is 37.0. The topological polar surface area (TPSA) is 84.0 Å². The van der Waals surface area contributed by atoms with Crippen molar-refractivity contribution in [1.82, 2.24) is 0 Å². The maximum Gasteiger partial charge on any atom is 0.157 e. The molecule has 0 aromatic heterocycles. The van der Waals surface area contributed by atoms with Crippen molar-refractivity contribution in [2.24, 2.45) is 5.73 Å². The molecule has 0 amide bonds. The fourth-order valence-electron chi connectivity index (χ4n) is 1.54. The van der Waals surface area contributed by atoms with E-state index in [4.69, 9.17) is 11.0 Å². The van der Waals surface area contributed by atoms with E-state index in [1.807, 2.05) is 0 Å². The fraction of sp³-hybridized carbons (Fsp3) is 0.417. The number of hydrogen-bond acceptors (Lipinski definition) is 4. The Balaban J connectivity index is 2.95. The summed E-state index contributed by atoms with van der Waals surface area (Å²) in [6.45, 7) is 1.89. The predicted octanol–water partition coefficient (Wildman–Crippen LogP) is 1.35. The first-order valence-corrected chi connectivity index (χ1v) is 7.22. The molecule has 0 heterocycles. The first-order chi connectivity index (χ1) is 8.40. The summed E-state index contributed by atoms with van der Waals surface area (Å²) >= 11 is 0. The first kappa shape index (κ1) is 14.6. The van der Waals surface area contributed by atoms with Crippen LogP contribution in [0.3, 0.4) is 0 Å². The molecule has 6 heteroatoms. The van der Waals surface area contributed by atoms with Crippen molar-refractivity contribution < 1.29 is 12.8 Å². The van der Waals surface area contributed by atoms with Crippen molar-refractivity contribution in [1.29, 1.82) is 5.26 Å². The van der Waals surface area contributed by atoms with Gasteiger partial charge in [0.2, 0.25) is 0 Å². The molecule has 0 aliphatic carbocycles. The van der Waals surface area contributed by atoms with Crippen molar-refractivity contribution in [3.63, 3.8) is 0 Å². The highest BCUT2D eigenvalue weighted by atomic mass is 32.2. The maximum absolute atomic E-state index is 13.1. The van der Waals surface area contributed by atoms with Gasteiger partial charge in [-0.1, -0.05) is 6.07 Å². The number of hydrogen-bond donors (Lipinski definition) is 1. The van der Waals surface area contributed by atoms with E-state index in [0.717, 1.165) is 6.07 Å². The lowest BCUT2D eigenvalue weighted by molar-refractivity contribution is 0.577. The number of sulfone groups is 1.